The van der Waals surface area contributed by atoms with E-state index in [1.165, 1.54) is 12.8 Å². The zero-order chi connectivity index (χ0) is 13.2. The van der Waals surface area contributed by atoms with E-state index in [2.05, 4.69) is 36.0 Å². The standard InChI is InChI=1S/C14H27N3O/c1-12(2)15-14(6-4-5-7-14)13(18)17-10-8-16(3)9-11-17/h12,15H,4-11H2,1-3H3. The number of hydrogen-bond donors (Lipinski definition) is 1. The average molecular weight is 253 g/mol. The number of nitrogens with zero attached hydrogens (tertiary/aromatic N) is 2. The SMILES string of the molecule is CC(C)NC1(C(=O)N2CCN(C)CC2)CCCC1. The first-order valence-electron chi connectivity index (χ1n) is 7.29. The van der Waals surface area contributed by atoms with Crippen molar-refractivity contribution in [2.75, 3.05) is 33.2 Å². The maximum Gasteiger partial charge on any atom is 0.242 e. The van der Waals surface area contributed by atoms with Gasteiger partial charge in [0.1, 0.15) is 0 Å². The molecule has 0 aromatic heterocycles. The van der Waals surface area contributed by atoms with Crippen molar-refractivity contribution in [2.24, 2.45) is 0 Å². The summed E-state index contributed by atoms with van der Waals surface area (Å²) in [4.78, 5) is 17.2. The molecule has 1 heterocycles. The van der Waals surface area contributed by atoms with Gasteiger partial charge in [-0.05, 0) is 33.7 Å². The molecule has 2 rings (SSSR count). The molecular weight excluding hydrogens is 226 g/mol. The van der Waals surface area contributed by atoms with Gasteiger partial charge in [0.2, 0.25) is 5.91 Å². The number of amides is 1. The van der Waals surface area contributed by atoms with E-state index in [-0.39, 0.29) is 5.54 Å². The fourth-order valence-electron chi connectivity index (χ4n) is 3.26. The summed E-state index contributed by atoms with van der Waals surface area (Å²) in [5, 5.41) is 3.56. The average Bonchev–Trinajstić information content (AvgIpc) is 2.78. The van der Waals surface area contributed by atoms with Crippen LogP contribution in [0.1, 0.15) is 39.5 Å². The van der Waals surface area contributed by atoms with E-state index in [4.69, 9.17) is 0 Å². The molecule has 0 aromatic carbocycles. The van der Waals surface area contributed by atoms with Crippen LogP contribution in [0.5, 0.6) is 0 Å². The quantitative estimate of drug-likeness (QED) is 0.817. The number of piperazine rings is 1. The van der Waals surface area contributed by atoms with Crippen molar-refractivity contribution in [1.29, 1.82) is 0 Å². The Balaban J connectivity index is 2.04. The van der Waals surface area contributed by atoms with Gasteiger partial charge in [0.25, 0.3) is 0 Å². The van der Waals surface area contributed by atoms with Crippen molar-refractivity contribution >= 4 is 5.91 Å². The molecule has 0 atom stereocenters. The Morgan fingerprint density at radius 2 is 1.67 bits per heavy atom. The number of rotatable bonds is 3. The lowest BCUT2D eigenvalue weighted by atomic mass is 9.94. The highest BCUT2D eigenvalue weighted by atomic mass is 16.2. The van der Waals surface area contributed by atoms with Crippen LogP contribution in [0.4, 0.5) is 0 Å². The van der Waals surface area contributed by atoms with Crippen LogP contribution >= 0.6 is 0 Å². The Morgan fingerprint density at radius 1 is 1.11 bits per heavy atom. The highest BCUT2D eigenvalue weighted by Crippen LogP contribution is 2.32. The minimum absolute atomic E-state index is 0.260. The summed E-state index contributed by atoms with van der Waals surface area (Å²) in [6.45, 7) is 8.05. The van der Waals surface area contributed by atoms with Gasteiger partial charge in [0.05, 0.1) is 5.54 Å². The van der Waals surface area contributed by atoms with Crippen LogP contribution in [0.2, 0.25) is 0 Å². The summed E-state index contributed by atoms with van der Waals surface area (Å²) in [6.07, 6.45) is 4.38. The smallest absolute Gasteiger partial charge is 0.242 e. The van der Waals surface area contributed by atoms with Crippen molar-refractivity contribution in [3.63, 3.8) is 0 Å². The molecule has 4 heteroatoms. The van der Waals surface area contributed by atoms with Gasteiger partial charge in [0, 0.05) is 32.2 Å². The number of hydrogen-bond acceptors (Lipinski definition) is 3. The minimum atomic E-state index is -0.260. The van der Waals surface area contributed by atoms with Crippen molar-refractivity contribution in [3.8, 4) is 0 Å². The Labute approximate surface area is 111 Å². The molecule has 1 amide bonds. The predicted octanol–water partition coefficient (Wildman–Crippen LogP) is 1.07. The second-order valence-corrected chi connectivity index (χ2v) is 6.18. The van der Waals surface area contributed by atoms with Gasteiger partial charge in [0.15, 0.2) is 0 Å². The highest BCUT2D eigenvalue weighted by Gasteiger charge is 2.43. The molecule has 2 fully saturated rings. The largest absolute Gasteiger partial charge is 0.339 e. The molecule has 0 aromatic rings. The minimum Gasteiger partial charge on any atom is -0.339 e. The first-order valence-corrected chi connectivity index (χ1v) is 7.29. The highest BCUT2D eigenvalue weighted by molar-refractivity contribution is 5.87. The molecule has 1 N–H and O–H groups in total. The fourth-order valence-corrected chi connectivity index (χ4v) is 3.26. The maximum absolute atomic E-state index is 12.8. The summed E-state index contributed by atoms with van der Waals surface area (Å²) in [6, 6.07) is 0.375. The van der Waals surface area contributed by atoms with Gasteiger partial charge in [-0.25, -0.2) is 0 Å². The molecule has 4 nitrogen and oxygen atoms in total. The van der Waals surface area contributed by atoms with Crippen molar-refractivity contribution in [3.05, 3.63) is 0 Å². The first kappa shape index (κ1) is 13.8. The van der Waals surface area contributed by atoms with E-state index in [0.717, 1.165) is 39.0 Å². The molecule has 1 aliphatic carbocycles. The number of nitrogens with one attached hydrogen (secondary N) is 1. The van der Waals surface area contributed by atoms with Gasteiger partial charge >= 0.3 is 0 Å². The molecule has 0 bridgehead atoms. The van der Waals surface area contributed by atoms with Crippen LogP contribution < -0.4 is 5.32 Å². The van der Waals surface area contributed by atoms with Crippen LogP contribution in [0.15, 0.2) is 0 Å². The molecule has 1 saturated heterocycles. The van der Waals surface area contributed by atoms with Gasteiger partial charge < -0.3 is 15.1 Å². The van der Waals surface area contributed by atoms with E-state index in [0.29, 0.717) is 11.9 Å². The van der Waals surface area contributed by atoms with Crippen molar-refractivity contribution < 1.29 is 4.79 Å². The van der Waals surface area contributed by atoms with Gasteiger partial charge in [-0.15, -0.1) is 0 Å². The van der Waals surface area contributed by atoms with E-state index in [1.807, 2.05) is 0 Å². The van der Waals surface area contributed by atoms with E-state index < -0.39 is 0 Å². The molecule has 104 valence electrons. The molecule has 18 heavy (non-hydrogen) atoms. The third-order valence-corrected chi connectivity index (χ3v) is 4.22. The summed E-state index contributed by atoms with van der Waals surface area (Å²) in [5.74, 6) is 0.349. The second kappa shape index (κ2) is 5.57. The molecule has 1 aliphatic heterocycles. The summed E-state index contributed by atoms with van der Waals surface area (Å²) in [5.41, 5.74) is -0.260. The Bertz CT molecular complexity index is 289. The molecule has 0 unspecified atom stereocenters. The van der Waals surface area contributed by atoms with Crippen LogP contribution in [-0.2, 0) is 4.79 Å². The first-order chi connectivity index (χ1) is 8.53. The number of carbonyl (C=O) groups excluding carboxylic acids is 1. The topological polar surface area (TPSA) is 35.6 Å². The summed E-state index contributed by atoms with van der Waals surface area (Å²) in [7, 11) is 2.12. The monoisotopic (exact) mass is 253 g/mol. The van der Waals surface area contributed by atoms with E-state index >= 15 is 0 Å². The van der Waals surface area contributed by atoms with E-state index in [1.54, 1.807) is 0 Å². The predicted molar refractivity (Wildman–Crippen MR) is 73.5 cm³/mol. The second-order valence-electron chi connectivity index (χ2n) is 6.18. The van der Waals surface area contributed by atoms with Gasteiger partial charge in [-0.2, -0.15) is 0 Å². The summed E-state index contributed by atoms with van der Waals surface area (Å²) >= 11 is 0. The van der Waals surface area contributed by atoms with Crippen LogP contribution in [-0.4, -0.2) is 60.5 Å². The molecule has 1 saturated carbocycles. The normalized spacial score (nSPS) is 24.8. The fraction of sp³-hybridized carbons (Fsp3) is 0.929. The number of likely N-dealkylation sites (N-methyl/N-ethyl adjacent to an activating group) is 1. The van der Waals surface area contributed by atoms with Crippen LogP contribution in [0.25, 0.3) is 0 Å². The molecule has 0 radical (unpaired) electrons. The molecule has 2 aliphatic rings. The van der Waals surface area contributed by atoms with Crippen molar-refractivity contribution in [1.82, 2.24) is 15.1 Å². The number of carbonyl (C=O) groups is 1. The Hall–Kier alpha value is -0.610. The van der Waals surface area contributed by atoms with E-state index in [9.17, 15) is 4.79 Å². The third kappa shape index (κ3) is 2.86. The Kier molecular flexibility index (Phi) is 4.28. The molecule has 0 spiro atoms. The lowest BCUT2D eigenvalue weighted by Gasteiger charge is -2.40. The Morgan fingerprint density at radius 3 is 2.17 bits per heavy atom. The lowest BCUT2D eigenvalue weighted by molar-refractivity contribution is -0.140. The van der Waals surface area contributed by atoms with Crippen molar-refractivity contribution in [2.45, 2.75) is 51.1 Å². The zero-order valence-electron chi connectivity index (χ0n) is 12.0. The maximum atomic E-state index is 12.8. The van der Waals surface area contributed by atoms with Gasteiger partial charge in [-0.3, -0.25) is 4.79 Å². The van der Waals surface area contributed by atoms with Crippen LogP contribution in [0, 0.1) is 0 Å². The van der Waals surface area contributed by atoms with Crippen LogP contribution in [0.3, 0.4) is 0 Å². The van der Waals surface area contributed by atoms with Gasteiger partial charge in [-0.1, -0.05) is 12.8 Å². The summed E-state index contributed by atoms with van der Waals surface area (Å²) < 4.78 is 0. The lowest BCUT2D eigenvalue weighted by Crippen LogP contribution is -2.61. The third-order valence-electron chi connectivity index (χ3n) is 4.22. The zero-order valence-corrected chi connectivity index (χ0v) is 12.0. The molecular formula is C14H27N3O.